The quantitative estimate of drug-likeness (QED) is 0.642. The second-order valence-corrected chi connectivity index (χ2v) is 5.62. The molecule has 2 N–H and O–H groups in total. The third kappa shape index (κ3) is 5.30. The second kappa shape index (κ2) is 9.60. The number of benzene rings is 1. The molecule has 24 heavy (non-hydrogen) atoms. The zero-order chi connectivity index (χ0) is 17.2. The van der Waals surface area contributed by atoms with Crippen LogP contribution in [0.1, 0.15) is 25.3 Å². The number of piperidine rings is 1. The molecule has 0 saturated carbocycles. The zero-order valence-electron chi connectivity index (χ0n) is 14.1. The summed E-state index contributed by atoms with van der Waals surface area (Å²) >= 11 is 0. The first-order valence-corrected chi connectivity index (χ1v) is 8.27. The van der Waals surface area contributed by atoms with Crippen LogP contribution in [0.4, 0.5) is 4.79 Å². The minimum Gasteiger partial charge on any atom is -0.450 e. The first-order valence-electron chi connectivity index (χ1n) is 8.27. The number of amides is 1. The maximum atomic E-state index is 11.7. The summed E-state index contributed by atoms with van der Waals surface area (Å²) in [6.45, 7) is 3.97. The van der Waals surface area contributed by atoms with Crippen molar-refractivity contribution < 1.29 is 14.4 Å². The minimum absolute atomic E-state index is 0.242. The molecule has 1 aliphatic heterocycles. The normalized spacial score (nSPS) is 16.4. The highest BCUT2D eigenvalue weighted by Crippen LogP contribution is 2.23. The molecule has 0 aromatic heterocycles. The van der Waals surface area contributed by atoms with Crippen molar-refractivity contribution in [3.05, 3.63) is 47.7 Å². The predicted octanol–water partition coefficient (Wildman–Crippen LogP) is 2.90. The standard InChI is InChI=1S/C18H25N3O3/c1-2-23-18(22)21-10-8-16(9-11-21)17(12-19)13-20-24-14-15-6-4-3-5-7-15/h3-7,12-13,16H,2,8-11,14,19H2,1H3/b17-12+,20-13+. The lowest BCUT2D eigenvalue weighted by Gasteiger charge is -2.31. The molecule has 2 rings (SSSR count). The van der Waals surface area contributed by atoms with Gasteiger partial charge in [0.15, 0.2) is 0 Å². The van der Waals surface area contributed by atoms with E-state index in [4.69, 9.17) is 15.3 Å². The highest BCUT2D eigenvalue weighted by molar-refractivity contribution is 5.78. The van der Waals surface area contributed by atoms with Crippen molar-refractivity contribution in [1.82, 2.24) is 4.90 Å². The largest absolute Gasteiger partial charge is 0.450 e. The van der Waals surface area contributed by atoms with Crippen molar-refractivity contribution in [3.63, 3.8) is 0 Å². The molecule has 6 nitrogen and oxygen atoms in total. The second-order valence-electron chi connectivity index (χ2n) is 5.62. The maximum absolute atomic E-state index is 11.7. The van der Waals surface area contributed by atoms with Gasteiger partial charge in [-0.2, -0.15) is 0 Å². The SMILES string of the molecule is CCOC(=O)N1CCC(C(=C/N)/C=N/OCc2ccccc2)CC1. The van der Waals surface area contributed by atoms with Crippen LogP contribution in [0.2, 0.25) is 0 Å². The van der Waals surface area contributed by atoms with E-state index in [1.165, 1.54) is 0 Å². The fraction of sp³-hybridized carbons (Fsp3) is 0.444. The van der Waals surface area contributed by atoms with E-state index in [9.17, 15) is 4.79 Å². The van der Waals surface area contributed by atoms with Gasteiger partial charge in [0.25, 0.3) is 0 Å². The molecule has 0 spiro atoms. The van der Waals surface area contributed by atoms with Crippen LogP contribution in [0.5, 0.6) is 0 Å². The van der Waals surface area contributed by atoms with Gasteiger partial charge in [-0.25, -0.2) is 4.79 Å². The van der Waals surface area contributed by atoms with Crippen LogP contribution in [0.15, 0.2) is 47.3 Å². The van der Waals surface area contributed by atoms with Gasteiger partial charge in [0.05, 0.1) is 12.8 Å². The Labute approximate surface area is 142 Å². The van der Waals surface area contributed by atoms with Gasteiger partial charge in [0.2, 0.25) is 0 Å². The van der Waals surface area contributed by atoms with Crippen molar-refractivity contribution in [1.29, 1.82) is 0 Å². The van der Waals surface area contributed by atoms with Crippen molar-refractivity contribution in [2.75, 3.05) is 19.7 Å². The highest BCUT2D eigenvalue weighted by atomic mass is 16.6. The summed E-state index contributed by atoms with van der Waals surface area (Å²) < 4.78 is 5.03. The van der Waals surface area contributed by atoms with Gasteiger partial charge < -0.3 is 20.2 Å². The number of carbonyl (C=O) groups excluding carboxylic acids is 1. The molecule has 1 saturated heterocycles. The van der Waals surface area contributed by atoms with Crippen LogP contribution in [0.3, 0.4) is 0 Å². The molecule has 130 valence electrons. The highest BCUT2D eigenvalue weighted by Gasteiger charge is 2.25. The zero-order valence-corrected chi connectivity index (χ0v) is 14.1. The van der Waals surface area contributed by atoms with E-state index >= 15 is 0 Å². The van der Waals surface area contributed by atoms with Gasteiger partial charge in [-0.1, -0.05) is 35.5 Å². The fourth-order valence-electron chi connectivity index (χ4n) is 2.68. The summed E-state index contributed by atoms with van der Waals surface area (Å²) in [4.78, 5) is 18.8. The number of nitrogens with two attached hydrogens (primary N) is 1. The lowest BCUT2D eigenvalue weighted by molar-refractivity contribution is 0.0948. The number of ether oxygens (including phenoxy) is 1. The third-order valence-corrected chi connectivity index (χ3v) is 4.04. The van der Waals surface area contributed by atoms with Crippen molar-refractivity contribution >= 4 is 12.3 Å². The van der Waals surface area contributed by atoms with E-state index in [0.29, 0.717) is 26.3 Å². The number of likely N-dealkylation sites (tertiary alicyclic amines) is 1. The Balaban J connectivity index is 1.78. The van der Waals surface area contributed by atoms with E-state index in [1.807, 2.05) is 37.3 Å². The summed E-state index contributed by atoms with van der Waals surface area (Å²) in [5, 5.41) is 4.02. The van der Waals surface area contributed by atoms with E-state index in [-0.39, 0.29) is 12.0 Å². The summed E-state index contributed by atoms with van der Waals surface area (Å²) in [5.74, 6) is 0.282. The van der Waals surface area contributed by atoms with Gasteiger partial charge in [-0.05, 0) is 43.0 Å². The van der Waals surface area contributed by atoms with Crippen molar-refractivity contribution in [2.24, 2.45) is 16.8 Å². The first kappa shape index (κ1) is 17.8. The van der Waals surface area contributed by atoms with Crippen LogP contribution in [0.25, 0.3) is 0 Å². The number of carbonyl (C=O) groups is 1. The Morgan fingerprint density at radius 2 is 2.04 bits per heavy atom. The maximum Gasteiger partial charge on any atom is 0.409 e. The Bertz CT molecular complexity index is 564. The Morgan fingerprint density at radius 1 is 1.33 bits per heavy atom. The van der Waals surface area contributed by atoms with Crippen LogP contribution < -0.4 is 5.73 Å². The molecule has 1 heterocycles. The van der Waals surface area contributed by atoms with Crippen LogP contribution in [0, 0.1) is 5.92 Å². The molecule has 6 heteroatoms. The average molecular weight is 331 g/mol. The molecule has 1 aromatic carbocycles. The number of rotatable bonds is 6. The lowest BCUT2D eigenvalue weighted by Crippen LogP contribution is -2.39. The molecule has 1 aliphatic rings. The fourth-order valence-corrected chi connectivity index (χ4v) is 2.68. The number of hydrogen-bond donors (Lipinski definition) is 1. The Kier molecular flexibility index (Phi) is 7.14. The van der Waals surface area contributed by atoms with Gasteiger partial charge in [0, 0.05) is 13.1 Å². The van der Waals surface area contributed by atoms with Gasteiger partial charge in [0.1, 0.15) is 6.61 Å². The number of hydrogen-bond acceptors (Lipinski definition) is 5. The summed E-state index contributed by atoms with van der Waals surface area (Å²) in [7, 11) is 0. The van der Waals surface area contributed by atoms with Crippen molar-refractivity contribution in [3.8, 4) is 0 Å². The molecule has 0 unspecified atom stereocenters. The van der Waals surface area contributed by atoms with Gasteiger partial charge in [-0.3, -0.25) is 0 Å². The average Bonchev–Trinajstić information content (AvgIpc) is 2.63. The molecule has 1 amide bonds. The monoisotopic (exact) mass is 331 g/mol. The third-order valence-electron chi connectivity index (χ3n) is 4.04. The molecule has 1 fully saturated rings. The number of oxime groups is 1. The van der Waals surface area contributed by atoms with E-state index in [0.717, 1.165) is 24.0 Å². The molecule has 1 aromatic rings. The van der Waals surface area contributed by atoms with Gasteiger partial charge in [-0.15, -0.1) is 0 Å². The van der Waals surface area contributed by atoms with Gasteiger partial charge >= 0.3 is 6.09 Å². The van der Waals surface area contributed by atoms with Crippen LogP contribution >= 0.6 is 0 Å². The number of nitrogens with zero attached hydrogens (tertiary/aromatic N) is 2. The minimum atomic E-state index is -0.242. The van der Waals surface area contributed by atoms with E-state index in [1.54, 1.807) is 17.3 Å². The number of allylic oxidation sites excluding steroid dienone is 1. The van der Waals surface area contributed by atoms with Crippen LogP contribution in [-0.4, -0.2) is 36.9 Å². The molecular formula is C18H25N3O3. The van der Waals surface area contributed by atoms with E-state index < -0.39 is 0 Å². The van der Waals surface area contributed by atoms with E-state index in [2.05, 4.69) is 5.16 Å². The predicted molar refractivity (Wildman–Crippen MR) is 93.3 cm³/mol. The molecule has 0 atom stereocenters. The molecular weight excluding hydrogens is 306 g/mol. The van der Waals surface area contributed by atoms with Crippen molar-refractivity contribution in [2.45, 2.75) is 26.4 Å². The Morgan fingerprint density at radius 3 is 2.67 bits per heavy atom. The topological polar surface area (TPSA) is 77.2 Å². The Hall–Kier alpha value is -2.50. The lowest BCUT2D eigenvalue weighted by atomic mass is 9.90. The summed E-state index contributed by atoms with van der Waals surface area (Å²) in [6.07, 6.45) is 4.68. The smallest absolute Gasteiger partial charge is 0.409 e. The first-order chi connectivity index (χ1) is 11.7. The van der Waals surface area contributed by atoms with Crippen LogP contribution in [-0.2, 0) is 16.2 Å². The molecule has 0 bridgehead atoms. The molecule has 0 aliphatic carbocycles. The summed E-state index contributed by atoms with van der Waals surface area (Å²) in [5.41, 5.74) is 7.73. The summed E-state index contributed by atoms with van der Waals surface area (Å²) in [6, 6.07) is 9.86. The molecule has 0 radical (unpaired) electrons.